The number of pyridine rings is 1. The largest absolute Gasteiger partial charge is 0.368 e. The van der Waals surface area contributed by atoms with Gasteiger partial charge in [-0.1, -0.05) is 11.6 Å². The van der Waals surface area contributed by atoms with E-state index < -0.39 is 0 Å². The molecular weight excluding hydrogens is 386 g/mol. The molecule has 0 atom stereocenters. The molecule has 2 aromatic carbocycles. The van der Waals surface area contributed by atoms with Crippen molar-refractivity contribution >= 4 is 39.9 Å². The number of hydrogen-bond donors (Lipinski definition) is 0. The fraction of sp³-hybridized carbons (Fsp3) is 0.261. The standard InChI is InChI=1S/C23H22ClN3O2/c1-15-21(14-18-13-19(24)5-8-22(18)25-15)23(29)27-11-9-26(10-12-27)20-6-3-17(4-7-20)16(2)28/h3-8,13-14H,9-12H2,1-2H3. The molecule has 0 spiro atoms. The number of carbonyl (C=O) groups is 2. The van der Waals surface area contributed by atoms with Gasteiger partial charge in [0.2, 0.25) is 0 Å². The van der Waals surface area contributed by atoms with Crippen molar-refractivity contribution in [3.63, 3.8) is 0 Å². The van der Waals surface area contributed by atoms with Crippen molar-refractivity contribution in [3.8, 4) is 0 Å². The molecule has 0 saturated carbocycles. The Labute approximate surface area is 174 Å². The molecular formula is C23H22ClN3O2. The molecule has 0 bridgehead atoms. The van der Waals surface area contributed by atoms with Gasteiger partial charge in [-0.05, 0) is 62.4 Å². The van der Waals surface area contributed by atoms with Gasteiger partial charge in [-0.3, -0.25) is 14.6 Å². The Kier molecular flexibility index (Phi) is 5.24. The van der Waals surface area contributed by atoms with Crippen LogP contribution in [0.15, 0.2) is 48.5 Å². The maximum absolute atomic E-state index is 13.1. The topological polar surface area (TPSA) is 53.5 Å². The van der Waals surface area contributed by atoms with Gasteiger partial charge in [-0.15, -0.1) is 0 Å². The average Bonchev–Trinajstić information content (AvgIpc) is 2.73. The van der Waals surface area contributed by atoms with Crippen LogP contribution in [0.2, 0.25) is 5.02 Å². The molecule has 0 unspecified atom stereocenters. The van der Waals surface area contributed by atoms with E-state index in [9.17, 15) is 9.59 Å². The van der Waals surface area contributed by atoms with Crippen LogP contribution in [0.1, 0.15) is 33.3 Å². The molecule has 2 heterocycles. The van der Waals surface area contributed by atoms with E-state index in [4.69, 9.17) is 11.6 Å². The van der Waals surface area contributed by atoms with Crippen molar-refractivity contribution in [2.75, 3.05) is 31.1 Å². The van der Waals surface area contributed by atoms with Gasteiger partial charge in [-0.2, -0.15) is 0 Å². The van der Waals surface area contributed by atoms with Crippen LogP contribution >= 0.6 is 11.6 Å². The lowest BCUT2D eigenvalue weighted by molar-refractivity contribution is 0.0745. The Bertz CT molecular complexity index is 1090. The molecule has 0 aliphatic carbocycles. The summed E-state index contributed by atoms with van der Waals surface area (Å²) in [6.07, 6.45) is 0. The number of amides is 1. The highest BCUT2D eigenvalue weighted by atomic mass is 35.5. The summed E-state index contributed by atoms with van der Waals surface area (Å²) >= 11 is 6.09. The van der Waals surface area contributed by atoms with Crippen LogP contribution < -0.4 is 4.90 Å². The van der Waals surface area contributed by atoms with Crippen LogP contribution in [0, 0.1) is 6.92 Å². The van der Waals surface area contributed by atoms with Gasteiger partial charge in [0.1, 0.15) is 0 Å². The quantitative estimate of drug-likeness (QED) is 0.605. The lowest BCUT2D eigenvalue weighted by Crippen LogP contribution is -2.49. The van der Waals surface area contributed by atoms with E-state index in [1.54, 1.807) is 13.0 Å². The summed E-state index contributed by atoms with van der Waals surface area (Å²) in [6, 6.07) is 15.0. The fourth-order valence-corrected chi connectivity index (χ4v) is 3.89. The van der Waals surface area contributed by atoms with Gasteiger partial charge in [0, 0.05) is 47.8 Å². The fourth-order valence-electron chi connectivity index (χ4n) is 3.71. The Morgan fingerprint density at radius 3 is 2.31 bits per heavy atom. The summed E-state index contributed by atoms with van der Waals surface area (Å²) in [7, 11) is 0. The zero-order valence-corrected chi connectivity index (χ0v) is 17.2. The molecule has 4 rings (SSSR count). The predicted octanol–water partition coefficient (Wildman–Crippen LogP) is 4.36. The first-order valence-corrected chi connectivity index (χ1v) is 10.0. The number of rotatable bonds is 3. The number of nitrogens with zero attached hydrogens (tertiary/aromatic N) is 3. The molecule has 1 aromatic heterocycles. The Balaban J connectivity index is 1.48. The van der Waals surface area contributed by atoms with E-state index in [-0.39, 0.29) is 11.7 Å². The smallest absolute Gasteiger partial charge is 0.255 e. The third kappa shape index (κ3) is 3.96. The number of piperazine rings is 1. The summed E-state index contributed by atoms with van der Waals surface area (Å²) in [5.74, 6) is 0.0658. The van der Waals surface area contributed by atoms with Crippen molar-refractivity contribution < 1.29 is 9.59 Å². The monoisotopic (exact) mass is 407 g/mol. The van der Waals surface area contributed by atoms with E-state index in [1.807, 2.05) is 54.3 Å². The lowest BCUT2D eigenvalue weighted by Gasteiger charge is -2.36. The first-order chi connectivity index (χ1) is 13.9. The molecule has 0 radical (unpaired) electrons. The Hall–Kier alpha value is -2.92. The molecule has 0 N–H and O–H groups in total. The second kappa shape index (κ2) is 7.84. The molecule has 5 nitrogen and oxygen atoms in total. The number of ketones is 1. The number of benzene rings is 2. The third-order valence-corrected chi connectivity index (χ3v) is 5.64. The molecule has 1 fully saturated rings. The van der Waals surface area contributed by atoms with E-state index in [2.05, 4.69) is 9.88 Å². The van der Waals surface area contributed by atoms with Gasteiger partial charge in [0.25, 0.3) is 5.91 Å². The number of halogens is 1. The Morgan fingerprint density at radius 2 is 1.66 bits per heavy atom. The molecule has 3 aromatic rings. The van der Waals surface area contributed by atoms with E-state index >= 15 is 0 Å². The van der Waals surface area contributed by atoms with Gasteiger partial charge in [-0.25, -0.2) is 0 Å². The number of Topliss-reactive ketones (excluding diaryl/α,β-unsaturated/α-hetero) is 1. The van der Waals surface area contributed by atoms with E-state index in [0.29, 0.717) is 29.2 Å². The van der Waals surface area contributed by atoms with E-state index in [1.165, 1.54) is 0 Å². The van der Waals surface area contributed by atoms with Crippen LogP contribution in [0.3, 0.4) is 0 Å². The molecule has 1 aliphatic rings. The van der Waals surface area contributed by atoms with E-state index in [0.717, 1.165) is 35.4 Å². The minimum atomic E-state index is 0.00320. The lowest BCUT2D eigenvalue weighted by atomic mass is 10.1. The van der Waals surface area contributed by atoms with Gasteiger partial charge in [0.05, 0.1) is 16.8 Å². The molecule has 1 saturated heterocycles. The highest BCUT2D eigenvalue weighted by Gasteiger charge is 2.24. The van der Waals surface area contributed by atoms with Gasteiger partial charge >= 0.3 is 0 Å². The number of carbonyl (C=O) groups excluding carboxylic acids is 2. The average molecular weight is 408 g/mol. The number of hydrogen-bond acceptors (Lipinski definition) is 4. The summed E-state index contributed by atoms with van der Waals surface area (Å²) in [6.45, 7) is 6.21. The minimum Gasteiger partial charge on any atom is -0.368 e. The van der Waals surface area contributed by atoms with Gasteiger partial charge < -0.3 is 9.80 Å². The van der Waals surface area contributed by atoms with Crippen molar-refractivity contribution in [3.05, 3.63) is 70.4 Å². The van der Waals surface area contributed by atoms with Crippen LogP contribution in [-0.2, 0) is 0 Å². The maximum atomic E-state index is 13.1. The van der Waals surface area contributed by atoms with Crippen molar-refractivity contribution in [1.82, 2.24) is 9.88 Å². The Morgan fingerprint density at radius 1 is 0.966 bits per heavy atom. The summed E-state index contributed by atoms with van der Waals surface area (Å²) < 4.78 is 0. The predicted molar refractivity (Wildman–Crippen MR) is 116 cm³/mol. The maximum Gasteiger partial charge on any atom is 0.255 e. The second-order valence-electron chi connectivity index (χ2n) is 7.34. The zero-order valence-electron chi connectivity index (χ0n) is 16.5. The van der Waals surface area contributed by atoms with Gasteiger partial charge in [0.15, 0.2) is 5.78 Å². The number of aryl methyl sites for hydroxylation is 1. The molecule has 1 aliphatic heterocycles. The van der Waals surface area contributed by atoms with Crippen molar-refractivity contribution in [2.24, 2.45) is 0 Å². The number of anilines is 1. The first kappa shape index (κ1) is 19.4. The van der Waals surface area contributed by atoms with Crippen LogP contribution in [-0.4, -0.2) is 47.8 Å². The zero-order chi connectivity index (χ0) is 20.5. The SMILES string of the molecule is CC(=O)c1ccc(N2CCN(C(=O)c3cc4cc(Cl)ccc4nc3C)CC2)cc1. The first-order valence-electron chi connectivity index (χ1n) is 9.64. The molecule has 29 heavy (non-hydrogen) atoms. The third-order valence-electron chi connectivity index (χ3n) is 5.40. The van der Waals surface area contributed by atoms with Crippen LogP contribution in [0.5, 0.6) is 0 Å². The summed E-state index contributed by atoms with van der Waals surface area (Å²) in [5.41, 5.74) is 3.97. The minimum absolute atomic E-state index is 0.00320. The molecule has 1 amide bonds. The second-order valence-corrected chi connectivity index (χ2v) is 7.78. The molecule has 6 heteroatoms. The van der Waals surface area contributed by atoms with Crippen molar-refractivity contribution in [1.29, 1.82) is 0 Å². The highest BCUT2D eigenvalue weighted by Crippen LogP contribution is 2.23. The summed E-state index contributed by atoms with van der Waals surface area (Å²) in [4.78, 5) is 33.2. The highest BCUT2D eigenvalue weighted by molar-refractivity contribution is 6.31. The summed E-state index contributed by atoms with van der Waals surface area (Å²) in [5, 5.41) is 1.50. The van der Waals surface area contributed by atoms with Crippen molar-refractivity contribution in [2.45, 2.75) is 13.8 Å². The normalized spacial score (nSPS) is 14.3. The number of aromatic nitrogens is 1. The van der Waals surface area contributed by atoms with Crippen LogP contribution in [0.4, 0.5) is 5.69 Å². The number of fused-ring (bicyclic) bond motifs is 1. The molecule has 148 valence electrons. The van der Waals surface area contributed by atoms with Crippen LogP contribution in [0.25, 0.3) is 10.9 Å².